The highest BCUT2D eigenvalue weighted by molar-refractivity contribution is 5.96. The molecular formula is C20H16F2N4O3. The molecule has 148 valence electrons. The summed E-state index contributed by atoms with van der Waals surface area (Å²) in [7, 11) is 0. The van der Waals surface area contributed by atoms with E-state index in [1.807, 2.05) is 6.07 Å². The van der Waals surface area contributed by atoms with Crippen molar-refractivity contribution in [2.75, 3.05) is 11.4 Å². The first-order valence-electron chi connectivity index (χ1n) is 8.92. The monoisotopic (exact) mass is 398 g/mol. The van der Waals surface area contributed by atoms with Crippen LogP contribution in [0.1, 0.15) is 34.4 Å². The van der Waals surface area contributed by atoms with Gasteiger partial charge in [0.1, 0.15) is 11.6 Å². The minimum Gasteiger partial charge on any atom is -0.343 e. The summed E-state index contributed by atoms with van der Waals surface area (Å²) in [6.45, 7) is 0.137. The molecule has 3 aromatic rings. The molecule has 1 aliphatic rings. The summed E-state index contributed by atoms with van der Waals surface area (Å²) in [5, 5.41) is 6.54. The molecule has 1 fully saturated rings. The second-order valence-corrected chi connectivity index (χ2v) is 6.60. The molecule has 7 nitrogen and oxygen atoms in total. The summed E-state index contributed by atoms with van der Waals surface area (Å²) in [6.07, 6.45) is 0.0469. The Balaban J connectivity index is 1.41. The number of nitrogens with one attached hydrogen (secondary N) is 1. The number of halogens is 2. The Morgan fingerprint density at radius 2 is 2.00 bits per heavy atom. The van der Waals surface area contributed by atoms with Gasteiger partial charge in [-0.3, -0.25) is 9.59 Å². The molecule has 1 aromatic heterocycles. The average Bonchev–Trinajstić information content (AvgIpc) is 3.35. The Bertz CT molecular complexity index is 1050. The van der Waals surface area contributed by atoms with Crippen LogP contribution in [0, 0.1) is 11.6 Å². The highest BCUT2D eigenvalue weighted by Crippen LogP contribution is 2.32. The Labute approximate surface area is 164 Å². The second-order valence-electron chi connectivity index (χ2n) is 6.60. The van der Waals surface area contributed by atoms with Gasteiger partial charge in [0.25, 0.3) is 5.91 Å². The van der Waals surface area contributed by atoms with Crippen LogP contribution in [0.2, 0.25) is 0 Å². The fourth-order valence-corrected chi connectivity index (χ4v) is 3.16. The molecule has 4 rings (SSSR count). The van der Waals surface area contributed by atoms with Crippen molar-refractivity contribution in [2.45, 2.75) is 18.9 Å². The molecule has 1 atom stereocenters. The van der Waals surface area contributed by atoms with Gasteiger partial charge in [0.15, 0.2) is 5.82 Å². The number of nitrogens with zero attached hydrogens (tertiary/aromatic N) is 3. The van der Waals surface area contributed by atoms with Crippen LogP contribution in [0.3, 0.4) is 0 Å². The van der Waals surface area contributed by atoms with Crippen molar-refractivity contribution in [3.05, 3.63) is 77.4 Å². The van der Waals surface area contributed by atoms with Crippen molar-refractivity contribution < 1.29 is 22.9 Å². The fourth-order valence-electron chi connectivity index (χ4n) is 3.16. The van der Waals surface area contributed by atoms with E-state index in [1.165, 1.54) is 4.90 Å². The number of hydrogen-bond acceptors (Lipinski definition) is 5. The van der Waals surface area contributed by atoms with Crippen LogP contribution >= 0.6 is 0 Å². The zero-order chi connectivity index (χ0) is 20.4. The van der Waals surface area contributed by atoms with E-state index in [2.05, 4.69) is 15.5 Å². The van der Waals surface area contributed by atoms with Crippen LogP contribution in [0.4, 0.5) is 14.5 Å². The molecule has 29 heavy (non-hydrogen) atoms. The summed E-state index contributed by atoms with van der Waals surface area (Å²) in [4.78, 5) is 29.8. The lowest BCUT2D eigenvalue weighted by Gasteiger charge is -2.16. The van der Waals surface area contributed by atoms with Crippen LogP contribution < -0.4 is 10.2 Å². The number of rotatable bonds is 5. The summed E-state index contributed by atoms with van der Waals surface area (Å²) in [5.41, 5.74) is 0.387. The molecule has 1 saturated heterocycles. The third-order valence-corrected chi connectivity index (χ3v) is 4.61. The van der Waals surface area contributed by atoms with E-state index in [0.29, 0.717) is 5.56 Å². The highest BCUT2D eigenvalue weighted by atomic mass is 19.1. The highest BCUT2D eigenvalue weighted by Gasteiger charge is 2.35. The number of benzene rings is 2. The van der Waals surface area contributed by atoms with Crippen LogP contribution in [0.25, 0.3) is 0 Å². The molecular weight excluding hydrogens is 382 g/mol. The molecule has 1 N–H and O–H groups in total. The number of carbonyl (C=O) groups is 2. The lowest BCUT2D eigenvalue weighted by atomic mass is 10.1. The lowest BCUT2D eigenvalue weighted by molar-refractivity contribution is -0.117. The molecule has 0 radical (unpaired) electrons. The zero-order valence-corrected chi connectivity index (χ0v) is 15.1. The maximum atomic E-state index is 14.0. The zero-order valence-electron chi connectivity index (χ0n) is 15.1. The molecule has 0 saturated carbocycles. The van der Waals surface area contributed by atoms with Crippen LogP contribution in [0.15, 0.2) is 53.1 Å². The van der Waals surface area contributed by atoms with Gasteiger partial charge in [0, 0.05) is 30.5 Å². The average molecular weight is 398 g/mol. The number of anilines is 1. The molecule has 0 bridgehead atoms. The van der Waals surface area contributed by atoms with Crippen molar-refractivity contribution in [1.29, 1.82) is 0 Å². The number of amides is 2. The van der Waals surface area contributed by atoms with Crippen LogP contribution in [-0.4, -0.2) is 28.5 Å². The molecule has 9 heteroatoms. The van der Waals surface area contributed by atoms with Crippen molar-refractivity contribution in [3.8, 4) is 0 Å². The van der Waals surface area contributed by atoms with E-state index in [1.54, 1.807) is 24.3 Å². The Morgan fingerprint density at radius 1 is 1.21 bits per heavy atom. The largest absolute Gasteiger partial charge is 0.343 e. The first kappa shape index (κ1) is 18.7. The SMILES string of the molecule is O=C(NCc1nc(C2CC(=O)N(c3cc(F)ccc3F)C2)no1)c1ccccc1. The van der Waals surface area contributed by atoms with Gasteiger partial charge in [-0.05, 0) is 24.3 Å². The molecule has 2 amide bonds. The van der Waals surface area contributed by atoms with E-state index in [9.17, 15) is 18.4 Å². The molecule has 1 unspecified atom stereocenters. The van der Waals surface area contributed by atoms with Gasteiger partial charge >= 0.3 is 0 Å². The Kier molecular flexibility index (Phi) is 5.03. The molecule has 2 heterocycles. The third kappa shape index (κ3) is 3.98. The standard InChI is InChI=1S/C20H16F2N4O3/c21-14-6-7-15(22)16(9-14)26-11-13(8-18(26)27)19-24-17(29-25-19)10-23-20(28)12-4-2-1-3-5-12/h1-7,9,13H,8,10-11H2,(H,23,28). The predicted molar refractivity (Wildman–Crippen MR) is 98.0 cm³/mol. The van der Waals surface area contributed by atoms with Gasteiger partial charge in [-0.15, -0.1) is 0 Å². The van der Waals surface area contributed by atoms with E-state index in [4.69, 9.17) is 4.52 Å². The van der Waals surface area contributed by atoms with E-state index < -0.39 is 17.6 Å². The number of aromatic nitrogens is 2. The van der Waals surface area contributed by atoms with Gasteiger partial charge in [0.05, 0.1) is 12.2 Å². The summed E-state index contributed by atoms with van der Waals surface area (Å²) in [5.74, 6) is -1.91. The molecule has 0 aliphatic carbocycles. The minimum absolute atomic E-state index is 0.0314. The van der Waals surface area contributed by atoms with Gasteiger partial charge in [0.2, 0.25) is 11.8 Å². The molecule has 1 aliphatic heterocycles. The summed E-state index contributed by atoms with van der Waals surface area (Å²) >= 11 is 0. The molecule has 2 aromatic carbocycles. The third-order valence-electron chi connectivity index (χ3n) is 4.61. The number of hydrogen-bond donors (Lipinski definition) is 1. The first-order chi connectivity index (χ1) is 14.0. The Morgan fingerprint density at radius 3 is 2.79 bits per heavy atom. The van der Waals surface area contributed by atoms with E-state index in [0.717, 1.165) is 18.2 Å². The van der Waals surface area contributed by atoms with Gasteiger partial charge in [-0.2, -0.15) is 4.98 Å². The maximum absolute atomic E-state index is 14.0. The van der Waals surface area contributed by atoms with Crippen molar-refractivity contribution in [2.24, 2.45) is 0 Å². The predicted octanol–water partition coefficient (Wildman–Crippen LogP) is 2.80. The quantitative estimate of drug-likeness (QED) is 0.714. The van der Waals surface area contributed by atoms with E-state index >= 15 is 0 Å². The number of carbonyl (C=O) groups excluding carboxylic acids is 2. The second kappa shape index (κ2) is 7.78. The van der Waals surface area contributed by atoms with Gasteiger partial charge < -0.3 is 14.7 Å². The van der Waals surface area contributed by atoms with Crippen molar-refractivity contribution in [3.63, 3.8) is 0 Å². The van der Waals surface area contributed by atoms with Gasteiger partial charge in [-0.25, -0.2) is 8.78 Å². The van der Waals surface area contributed by atoms with Crippen LogP contribution in [-0.2, 0) is 11.3 Å². The fraction of sp³-hybridized carbons (Fsp3) is 0.200. The van der Waals surface area contributed by atoms with Crippen molar-refractivity contribution in [1.82, 2.24) is 15.5 Å². The van der Waals surface area contributed by atoms with E-state index in [-0.39, 0.29) is 48.7 Å². The van der Waals surface area contributed by atoms with Crippen molar-refractivity contribution >= 4 is 17.5 Å². The van der Waals surface area contributed by atoms with Gasteiger partial charge in [-0.1, -0.05) is 23.4 Å². The Hall–Kier alpha value is -3.62. The first-order valence-corrected chi connectivity index (χ1v) is 8.92. The smallest absolute Gasteiger partial charge is 0.251 e. The summed E-state index contributed by atoms with van der Waals surface area (Å²) < 4.78 is 32.6. The normalized spacial score (nSPS) is 16.3. The minimum atomic E-state index is -0.683. The molecule has 0 spiro atoms. The topological polar surface area (TPSA) is 88.3 Å². The van der Waals surface area contributed by atoms with Crippen LogP contribution in [0.5, 0.6) is 0 Å². The maximum Gasteiger partial charge on any atom is 0.251 e. The summed E-state index contributed by atoms with van der Waals surface area (Å²) in [6, 6.07) is 11.6. The lowest BCUT2D eigenvalue weighted by Crippen LogP contribution is -2.25.